The highest BCUT2D eigenvalue weighted by molar-refractivity contribution is 7.89. The summed E-state index contributed by atoms with van der Waals surface area (Å²) in [4.78, 5) is 12.7. The lowest BCUT2D eigenvalue weighted by Crippen LogP contribution is -2.38. The Bertz CT molecular complexity index is 652. The minimum atomic E-state index is -3.94. The van der Waals surface area contributed by atoms with Gasteiger partial charge in [-0.2, -0.15) is 5.26 Å². The van der Waals surface area contributed by atoms with Crippen LogP contribution in [0.25, 0.3) is 0 Å². The molecule has 0 atom stereocenters. The smallest absolute Gasteiger partial charge is 0.242 e. The highest BCUT2D eigenvalue weighted by atomic mass is 35.5. The minimum Gasteiger partial charge on any atom is -0.345 e. The molecule has 0 unspecified atom stereocenters. The van der Waals surface area contributed by atoms with E-state index in [0.717, 1.165) is 0 Å². The second kappa shape index (κ2) is 6.70. The first kappa shape index (κ1) is 16.4. The molecule has 0 bridgehead atoms. The number of halogens is 1. The summed E-state index contributed by atoms with van der Waals surface area (Å²) in [7, 11) is -2.37. The quantitative estimate of drug-likeness (QED) is 0.876. The fourth-order valence-corrected chi connectivity index (χ4v) is 2.82. The van der Waals surface area contributed by atoms with E-state index in [4.69, 9.17) is 16.9 Å². The number of carbonyl (C=O) groups excluding carboxylic acids is 1. The summed E-state index contributed by atoms with van der Waals surface area (Å²) in [5, 5.41) is 8.77. The van der Waals surface area contributed by atoms with E-state index >= 15 is 0 Å². The maximum Gasteiger partial charge on any atom is 0.242 e. The van der Waals surface area contributed by atoms with Crippen molar-refractivity contribution in [3.8, 4) is 6.07 Å². The monoisotopic (exact) mass is 315 g/mol. The van der Waals surface area contributed by atoms with Crippen molar-refractivity contribution < 1.29 is 13.2 Å². The fraction of sp³-hybridized carbons (Fsp3) is 0.333. The first-order valence-corrected chi connectivity index (χ1v) is 7.61. The Labute approximate surface area is 123 Å². The van der Waals surface area contributed by atoms with Crippen LogP contribution in [0.4, 0.5) is 0 Å². The summed E-state index contributed by atoms with van der Waals surface area (Å²) < 4.78 is 26.3. The third-order valence-corrected chi connectivity index (χ3v) is 4.55. The van der Waals surface area contributed by atoms with Crippen molar-refractivity contribution in [3.63, 3.8) is 0 Å². The zero-order chi connectivity index (χ0) is 15.3. The number of rotatable bonds is 5. The molecular formula is C12H14ClN3O3S. The van der Waals surface area contributed by atoms with Gasteiger partial charge in [0.1, 0.15) is 4.90 Å². The molecule has 0 aliphatic heterocycles. The highest BCUT2D eigenvalue weighted by Crippen LogP contribution is 2.22. The molecule has 1 aromatic rings. The van der Waals surface area contributed by atoms with Crippen molar-refractivity contribution in [2.75, 3.05) is 20.1 Å². The van der Waals surface area contributed by atoms with E-state index in [0.29, 0.717) is 6.54 Å². The summed E-state index contributed by atoms with van der Waals surface area (Å²) in [6.45, 7) is 1.89. The predicted octanol–water partition coefficient (Wildman–Crippen LogP) is 0.968. The number of hydrogen-bond acceptors (Lipinski definition) is 4. The molecule has 1 aromatic carbocycles. The molecule has 0 heterocycles. The lowest BCUT2D eigenvalue weighted by molar-refractivity contribution is -0.128. The molecule has 20 heavy (non-hydrogen) atoms. The molecule has 1 rings (SSSR count). The number of amides is 1. The number of likely N-dealkylation sites (N-methyl/N-ethyl adjacent to an activating group) is 1. The zero-order valence-electron chi connectivity index (χ0n) is 11.1. The molecule has 0 saturated heterocycles. The summed E-state index contributed by atoms with van der Waals surface area (Å²) in [5.74, 6) is -0.358. The van der Waals surface area contributed by atoms with Gasteiger partial charge in [0.2, 0.25) is 15.9 Å². The van der Waals surface area contributed by atoms with Gasteiger partial charge in [-0.25, -0.2) is 13.1 Å². The van der Waals surface area contributed by atoms with E-state index in [1.54, 1.807) is 14.0 Å². The Kier molecular flexibility index (Phi) is 5.51. The van der Waals surface area contributed by atoms with Crippen molar-refractivity contribution in [2.24, 2.45) is 0 Å². The number of sulfonamides is 1. The van der Waals surface area contributed by atoms with Crippen molar-refractivity contribution >= 4 is 27.5 Å². The van der Waals surface area contributed by atoms with Crippen LogP contribution in [0, 0.1) is 11.3 Å². The van der Waals surface area contributed by atoms with E-state index in [1.165, 1.54) is 23.1 Å². The van der Waals surface area contributed by atoms with Gasteiger partial charge in [-0.3, -0.25) is 4.79 Å². The van der Waals surface area contributed by atoms with Gasteiger partial charge in [-0.15, -0.1) is 0 Å². The second-order valence-corrected chi connectivity index (χ2v) is 6.13. The lowest BCUT2D eigenvalue weighted by atomic mass is 10.2. The van der Waals surface area contributed by atoms with Gasteiger partial charge in [0.25, 0.3) is 0 Å². The molecular weight excluding hydrogens is 302 g/mol. The van der Waals surface area contributed by atoms with Gasteiger partial charge in [0, 0.05) is 13.6 Å². The van der Waals surface area contributed by atoms with Crippen molar-refractivity contribution in [1.29, 1.82) is 5.26 Å². The van der Waals surface area contributed by atoms with E-state index in [-0.39, 0.29) is 27.9 Å². The maximum absolute atomic E-state index is 12.1. The Morgan fingerprint density at radius 1 is 1.50 bits per heavy atom. The SMILES string of the molecule is CCN(C)C(=O)CNS(=O)(=O)c1cc(C#N)ccc1Cl. The van der Waals surface area contributed by atoms with Gasteiger partial charge in [-0.05, 0) is 25.1 Å². The lowest BCUT2D eigenvalue weighted by Gasteiger charge is -2.15. The molecule has 0 aromatic heterocycles. The van der Waals surface area contributed by atoms with Crippen LogP contribution in [0.2, 0.25) is 5.02 Å². The number of benzene rings is 1. The third kappa shape index (κ3) is 3.93. The molecule has 6 nitrogen and oxygen atoms in total. The molecule has 0 saturated carbocycles. The number of nitrogens with one attached hydrogen (secondary N) is 1. The maximum atomic E-state index is 12.1. The van der Waals surface area contributed by atoms with Crippen LogP contribution in [0.3, 0.4) is 0 Å². The molecule has 108 valence electrons. The van der Waals surface area contributed by atoms with Gasteiger partial charge in [-0.1, -0.05) is 11.6 Å². The first-order chi connectivity index (χ1) is 9.31. The molecule has 1 N–H and O–H groups in total. The minimum absolute atomic E-state index is 0.00667. The van der Waals surface area contributed by atoms with Crippen LogP contribution in [-0.2, 0) is 14.8 Å². The molecule has 0 aliphatic carbocycles. The van der Waals surface area contributed by atoms with E-state index < -0.39 is 10.0 Å². The van der Waals surface area contributed by atoms with Gasteiger partial charge in [0.15, 0.2) is 0 Å². The van der Waals surface area contributed by atoms with Gasteiger partial charge < -0.3 is 4.90 Å². The summed E-state index contributed by atoms with van der Waals surface area (Å²) >= 11 is 5.82. The Morgan fingerprint density at radius 3 is 2.70 bits per heavy atom. The molecule has 0 fully saturated rings. The topological polar surface area (TPSA) is 90.3 Å². The summed E-state index contributed by atoms with van der Waals surface area (Å²) in [6, 6.07) is 5.74. The normalized spacial score (nSPS) is 10.9. The predicted molar refractivity (Wildman–Crippen MR) is 74.7 cm³/mol. The molecule has 0 spiro atoms. The molecule has 1 amide bonds. The highest BCUT2D eigenvalue weighted by Gasteiger charge is 2.20. The third-order valence-electron chi connectivity index (χ3n) is 2.66. The van der Waals surface area contributed by atoms with Crippen molar-refractivity contribution in [3.05, 3.63) is 28.8 Å². The number of nitriles is 1. The van der Waals surface area contributed by atoms with Crippen LogP contribution >= 0.6 is 11.6 Å². The second-order valence-electron chi connectivity index (χ2n) is 3.99. The molecule has 8 heteroatoms. The number of nitrogens with zero attached hydrogens (tertiary/aromatic N) is 2. The Hall–Kier alpha value is -1.62. The fourth-order valence-electron chi connectivity index (χ4n) is 1.32. The Balaban J connectivity index is 2.95. The van der Waals surface area contributed by atoms with Crippen LogP contribution in [-0.4, -0.2) is 39.4 Å². The average Bonchev–Trinajstić information content (AvgIpc) is 2.44. The summed E-state index contributed by atoms with van der Waals surface area (Å²) in [6.07, 6.45) is 0. The first-order valence-electron chi connectivity index (χ1n) is 5.75. The van der Waals surface area contributed by atoms with E-state index in [1.807, 2.05) is 6.07 Å². The van der Waals surface area contributed by atoms with Crippen LogP contribution in [0.5, 0.6) is 0 Å². The Morgan fingerprint density at radius 2 is 2.15 bits per heavy atom. The van der Waals surface area contributed by atoms with Crippen molar-refractivity contribution in [2.45, 2.75) is 11.8 Å². The van der Waals surface area contributed by atoms with Gasteiger partial charge >= 0.3 is 0 Å². The van der Waals surface area contributed by atoms with Crippen LogP contribution < -0.4 is 4.72 Å². The molecule has 0 aliphatic rings. The van der Waals surface area contributed by atoms with Gasteiger partial charge in [0.05, 0.1) is 23.2 Å². The van der Waals surface area contributed by atoms with E-state index in [2.05, 4.69) is 4.72 Å². The van der Waals surface area contributed by atoms with Crippen molar-refractivity contribution in [1.82, 2.24) is 9.62 Å². The van der Waals surface area contributed by atoms with Crippen LogP contribution in [0.1, 0.15) is 12.5 Å². The standard InChI is InChI=1S/C12H14ClN3O3S/c1-3-16(2)12(17)8-15-20(18,19)11-6-9(7-14)4-5-10(11)13/h4-6,15H,3,8H2,1-2H3. The molecule has 0 radical (unpaired) electrons. The number of hydrogen-bond donors (Lipinski definition) is 1. The van der Waals surface area contributed by atoms with E-state index in [9.17, 15) is 13.2 Å². The summed E-state index contributed by atoms with van der Waals surface area (Å²) in [5.41, 5.74) is 0.173. The zero-order valence-corrected chi connectivity index (χ0v) is 12.6. The number of carbonyl (C=O) groups is 1. The van der Waals surface area contributed by atoms with Crippen LogP contribution in [0.15, 0.2) is 23.1 Å². The average molecular weight is 316 g/mol. The largest absolute Gasteiger partial charge is 0.345 e.